The molecule has 0 radical (unpaired) electrons. The summed E-state index contributed by atoms with van der Waals surface area (Å²) in [7, 11) is 0. The molecule has 0 atom stereocenters. The van der Waals surface area contributed by atoms with Gasteiger partial charge in [-0.3, -0.25) is 4.98 Å². The topological polar surface area (TPSA) is 46.0 Å². The third-order valence-corrected chi connectivity index (χ3v) is 9.36. The number of hydrogen-bond donors (Lipinski definition) is 1. The van der Waals surface area contributed by atoms with Crippen LogP contribution < -0.4 is 0 Å². The van der Waals surface area contributed by atoms with Gasteiger partial charge >= 0.3 is 0 Å². The Morgan fingerprint density at radius 2 is 1.04 bits per heavy atom. The fourth-order valence-electron chi connectivity index (χ4n) is 7.16. The molecule has 0 fully saturated rings. The summed E-state index contributed by atoms with van der Waals surface area (Å²) in [6.45, 7) is 19.8. The Bertz CT molecular complexity index is 2230. The normalized spacial score (nSPS) is 12.3. The molecule has 4 heteroatoms. The zero-order chi connectivity index (χ0) is 38.1. The second kappa shape index (κ2) is 14.7. The van der Waals surface area contributed by atoms with E-state index in [1.165, 1.54) is 5.56 Å². The Morgan fingerprint density at radius 3 is 1.66 bits per heavy atom. The van der Waals surface area contributed by atoms with E-state index in [0.717, 1.165) is 68.6 Å². The summed E-state index contributed by atoms with van der Waals surface area (Å²) in [5.41, 5.74) is 11.9. The molecule has 0 saturated heterocycles. The van der Waals surface area contributed by atoms with E-state index in [2.05, 4.69) is 133 Å². The maximum atomic E-state index is 15.1. The Labute approximate surface area is 316 Å². The Morgan fingerprint density at radius 1 is 0.491 bits per heavy atom. The third-order valence-electron chi connectivity index (χ3n) is 9.36. The van der Waals surface area contributed by atoms with Gasteiger partial charge in [-0.05, 0) is 105 Å². The van der Waals surface area contributed by atoms with Crippen molar-refractivity contribution >= 4 is 0 Å². The third kappa shape index (κ3) is 9.29. The van der Waals surface area contributed by atoms with Crippen LogP contribution in [0.2, 0.25) is 0 Å². The summed E-state index contributed by atoms with van der Waals surface area (Å²) in [6, 6.07) is 37.0. The molecule has 1 N–H and O–H groups in total. The van der Waals surface area contributed by atoms with E-state index in [-0.39, 0.29) is 22.0 Å². The van der Waals surface area contributed by atoms with Crippen LogP contribution in [0.15, 0.2) is 115 Å². The predicted molar refractivity (Wildman–Crippen MR) is 220 cm³/mol. The number of rotatable bonds is 8. The maximum absolute atomic E-state index is 15.1. The SMILES string of the molecule is CC(C)(C)Cc1ccc(-c2ccccn2)cc1-c1c(CC(C)(C)C)ccc(-c2cccc(-c3cccc(-c4ccc(CC(C)(C)C)c(F)n4)c3)c2)c1O. The van der Waals surface area contributed by atoms with Crippen molar-refractivity contribution in [3.05, 3.63) is 138 Å². The van der Waals surface area contributed by atoms with Gasteiger partial charge in [0.05, 0.1) is 11.4 Å². The first kappa shape index (κ1) is 37.7. The molecule has 4 aromatic carbocycles. The molecule has 0 aliphatic heterocycles. The van der Waals surface area contributed by atoms with E-state index in [4.69, 9.17) is 0 Å². The van der Waals surface area contributed by atoms with Gasteiger partial charge in [-0.2, -0.15) is 4.39 Å². The number of phenolic OH excluding ortho intramolecular Hbond substituents is 1. The molecular weight excluding hydrogens is 652 g/mol. The van der Waals surface area contributed by atoms with Crippen molar-refractivity contribution in [2.24, 2.45) is 16.2 Å². The largest absolute Gasteiger partial charge is 0.507 e. The highest BCUT2D eigenvalue weighted by molar-refractivity contribution is 5.88. The summed E-state index contributed by atoms with van der Waals surface area (Å²) >= 11 is 0. The monoisotopic (exact) mass is 704 g/mol. The molecule has 0 aliphatic carbocycles. The van der Waals surface area contributed by atoms with Crippen LogP contribution in [0.25, 0.3) is 55.9 Å². The second-order valence-electron chi connectivity index (χ2n) is 18.1. The average molecular weight is 705 g/mol. The van der Waals surface area contributed by atoms with Gasteiger partial charge in [0, 0.05) is 34.0 Å². The van der Waals surface area contributed by atoms with E-state index in [9.17, 15) is 5.11 Å². The molecule has 2 heterocycles. The van der Waals surface area contributed by atoms with Crippen molar-refractivity contribution in [1.82, 2.24) is 9.97 Å². The van der Waals surface area contributed by atoms with Crippen LogP contribution in [0.4, 0.5) is 4.39 Å². The second-order valence-corrected chi connectivity index (χ2v) is 18.1. The highest BCUT2D eigenvalue weighted by atomic mass is 19.1. The molecule has 0 bridgehead atoms. The highest BCUT2D eigenvalue weighted by Crippen LogP contribution is 2.46. The van der Waals surface area contributed by atoms with Gasteiger partial charge < -0.3 is 5.11 Å². The smallest absolute Gasteiger partial charge is 0.216 e. The minimum atomic E-state index is -0.415. The Hall–Kier alpha value is -5.09. The van der Waals surface area contributed by atoms with E-state index in [0.29, 0.717) is 17.7 Å². The summed E-state index contributed by atoms with van der Waals surface area (Å²) in [6.07, 6.45) is 4.10. The van der Waals surface area contributed by atoms with Gasteiger partial charge in [0.1, 0.15) is 5.75 Å². The molecule has 0 amide bonds. The lowest BCUT2D eigenvalue weighted by Gasteiger charge is -2.26. The summed E-state index contributed by atoms with van der Waals surface area (Å²) in [4.78, 5) is 9.02. The zero-order valence-electron chi connectivity index (χ0n) is 32.8. The molecule has 6 rings (SSSR count). The summed E-state index contributed by atoms with van der Waals surface area (Å²) in [5, 5.41) is 12.5. The van der Waals surface area contributed by atoms with Gasteiger partial charge in [-0.25, -0.2) is 4.98 Å². The molecule has 3 nitrogen and oxygen atoms in total. The molecule has 0 spiro atoms. The molecule has 53 heavy (non-hydrogen) atoms. The van der Waals surface area contributed by atoms with E-state index in [1.54, 1.807) is 0 Å². The lowest BCUT2D eigenvalue weighted by molar-refractivity contribution is 0.399. The number of phenols is 1. The number of aromatic nitrogens is 2. The first-order valence-electron chi connectivity index (χ1n) is 18.7. The fourth-order valence-corrected chi connectivity index (χ4v) is 7.16. The van der Waals surface area contributed by atoms with Gasteiger partial charge in [-0.1, -0.05) is 135 Å². The first-order chi connectivity index (χ1) is 24.9. The predicted octanol–water partition coefficient (Wildman–Crippen LogP) is 13.4. The van der Waals surface area contributed by atoms with Crippen LogP contribution in [0.3, 0.4) is 0 Å². The van der Waals surface area contributed by atoms with E-state index < -0.39 is 5.95 Å². The van der Waals surface area contributed by atoms with Crippen molar-refractivity contribution in [2.75, 3.05) is 0 Å². The van der Waals surface area contributed by atoms with Crippen molar-refractivity contribution in [3.63, 3.8) is 0 Å². The quantitative estimate of drug-likeness (QED) is 0.160. The minimum absolute atomic E-state index is 0.00110. The van der Waals surface area contributed by atoms with Crippen LogP contribution in [-0.2, 0) is 19.3 Å². The van der Waals surface area contributed by atoms with Crippen molar-refractivity contribution in [1.29, 1.82) is 0 Å². The number of benzene rings is 4. The van der Waals surface area contributed by atoms with Gasteiger partial charge in [0.15, 0.2) is 0 Å². The van der Waals surface area contributed by atoms with Crippen molar-refractivity contribution in [2.45, 2.75) is 81.6 Å². The zero-order valence-corrected chi connectivity index (χ0v) is 32.8. The first-order valence-corrected chi connectivity index (χ1v) is 18.7. The molecule has 0 aliphatic rings. The lowest BCUT2D eigenvalue weighted by atomic mass is 9.79. The molecular formula is C49H53FN2O. The molecule has 6 aromatic rings. The standard InChI is InChI=1S/C49H53FN2O/c1-47(2,3)29-37-20-19-36(42-18-10-11-25-51-42)28-41(37)44-38(30-48(4,5)6)21-23-40(45(44)53)34-16-12-14-32(26-34)33-15-13-17-35(27-33)43-24-22-39(46(50)52-43)31-49(7,8)9/h10-28,53H,29-31H2,1-9H3. The van der Waals surface area contributed by atoms with Crippen molar-refractivity contribution < 1.29 is 9.50 Å². The Balaban J connectivity index is 1.46. The van der Waals surface area contributed by atoms with E-state index in [1.807, 2.05) is 54.7 Å². The number of pyridine rings is 2. The minimum Gasteiger partial charge on any atom is -0.507 e. The summed E-state index contributed by atoms with van der Waals surface area (Å²) < 4.78 is 15.1. The number of halogens is 1. The van der Waals surface area contributed by atoms with Crippen LogP contribution in [0.5, 0.6) is 5.75 Å². The molecule has 2 aromatic heterocycles. The lowest BCUT2D eigenvalue weighted by Crippen LogP contribution is -2.12. The van der Waals surface area contributed by atoms with Crippen LogP contribution in [-0.4, -0.2) is 15.1 Å². The molecule has 0 unspecified atom stereocenters. The average Bonchev–Trinajstić information content (AvgIpc) is 3.08. The van der Waals surface area contributed by atoms with Gasteiger partial charge in [0.2, 0.25) is 5.95 Å². The van der Waals surface area contributed by atoms with Gasteiger partial charge in [-0.15, -0.1) is 0 Å². The maximum Gasteiger partial charge on any atom is 0.216 e. The fraction of sp³-hybridized carbons (Fsp3) is 0.306. The van der Waals surface area contributed by atoms with Crippen molar-refractivity contribution in [3.8, 4) is 61.6 Å². The summed E-state index contributed by atoms with van der Waals surface area (Å²) in [5.74, 6) is -0.136. The number of aromatic hydroxyl groups is 1. The number of hydrogen-bond acceptors (Lipinski definition) is 3. The Kier molecular flexibility index (Phi) is 10.5. The number of nitrogens with zero attached hydrogens (tertiary/aromatic N) is 2. The van der Waals surface area contributed by atoms with Gasteiger partial charge in [0.25, 0.3) is 0 Å². The van der Waals surface area contributed by atoms with E-state index >= 15 is 4.39 Å². The van der Waals surface area contributed by atoms with Crippen LogP contribution in [0.1, 0.15) is 79.0 Å². The van der Waals surface area contributed by atoms with Crippen LogP contribution in [0, 0.1) is 22.2 Å². The molecule has 0 saturated carbocycles. The van der Waals surface area contributed by atoms with Crippen LogP contribution >= 0.6 is 0 Å². The molecule has 272 valence electrons. The highest BCUT2D eigenvalue weighted by Gasteiger charge is 2.25.